The van der Waals surface area contributed by atoms with Crippen molar-refractivity contribution in [3.05, 3.63) is 70.8 Å². The van der Waals surface area contributed by atoms with Gasteiger partial charge in [0.25, 0.3) is 0 Å². The van der Waals surface area contributed by atoms with Gasteiger partial charge in [0.1, 0.15) is 0 Å². The van der Waals surface area contributed by atoms with E-state index in [0.717, 1.165) is 5.56 Å². The number of hydrogen-bond acceptors (Lipinski definition) is 2. The van der Waals surface area contributed by atoms with Crippen LogP contribution in [0.2, 0.25) is 0 Å². The third-order valence-corrected chi connectivity index (χ3v) is 4.02. The number of alkyl halides is 6. The minimum absolute atomic E-state index is 0. The molecule has 1 atom stereocenters. The Kier molecular flexibility index (Phi) is 8.78. The second kappa shape index (κ2) is 10.1. The Hall–Kier alpha value is -1.77. The van der Waals surface area contributed by atoms with E-state index in [1.807, 2.05) is 30.3 Å². The van der Waals surface area contributed by atoms with Crippen LogP contribution in [0.1, 0.15) is 34.6 Å². The molecule has 0 amide bonds. The van der Waals surface area contributed by atoms with Crippen LogP contribution in [0.5, 0.6) is 0 Å². The van der Waals surface area contributed by atoms with E-state index < -0.39 is 23.5 Å². The maximum Gasteiger partial charge on any atom is 0.416 e. The quantitative estimate of drug-likeness (QED) is 0.567. The molecule has 0 radical (unpaired) electrons. The lowest BCUT2D eigenvalue weighted by atomic mass is 9.97. The van der Waals surface area contributed by atoms with E-state index in [1.54, 1.807) is 0 Å². The van der Waals surface area contributed by atoms with Crippen molar-refractivity contribution in [3.63, 3.8) is 0 Å². The summed E-state index contributed by atoms with van der Waals surface area (Å²) in [6, 6.07) is 10.7. The number of benzene rings is 2. The van der Waals surface area contributed by atoms with Crippen LogP contribution >= 0.6 is 12.4 Å². The summed E-state index contributed by atoms with van der Waals surface area (Å²) < 4.78 is 82.8. The number of ether oxygens (including phenoxy) is 1. The number of hydrogen-bond donors (Lipinski definition) is 1. The first-order chi connectivity index (χ1) is 12.6. The highest BCUT2D eigenvalue weighted by Crippen LogP contribution is 2.36. The Balaban J connectivity index is 0.00000392. The van der Waals surface area contributed by atoms with Gasteiger partial charge in [0.05, 0.1) is 24.3 Å². The van der Waals surface area contributed by atoms with Crippen LogP contribution in [0.25, 0.3) is 0 Å². The average Bonchev–Trinajstić information content (AvgIpc) is 2.60. The van der Waals surface area contributed by atoms with Crippen molar-refractivity contribution in [2.75, 3.05) is 13.2 Å². The van der Waals surface area contributed by atoms with Crippen molar-refractivity contribution in [3.8, 4) is 0 Å². The maximum absolute atomic E-state index is 12.9. The predicted octanol–water partition coefficient (Wildman–Crippen LogP) is 5.80. The lowest BCUT2D eigenvalue weighted by Crippen LogP contribution is -2.14. The van der Waals surface area contributed by atoms with Crippen molar-refractivity contribution in [1.29, 1.82) is 0 Å². The van der Waals surface area contributed by atoms with E-state index in [-0.39, 0.29) is 43.2 Å². The van der Waals surface area contributed by atoms with Crippen molar-refractivity contribution in [2.24, 2.45) is 5.73 Å². The Bertz CT molecular complexity index is 701. The number of nitrogens with two attached hydrogens (primary N) is 1. The van der Waals surface area contributed by atoms with Gasteiger partial charge in [0, 0.05) is 5.92 Å². The summed E-state index contributed by atoms with van der Waals surface area (Å²) in [5.74, 6) is -0.0934. The fourth-order valence-corrected chi connectivity index (χ4v) is 2.69. The fraction of sp³-hybridized carbons (Fsp3) is 0.368. The van der Waals surface area contributed by atoms with Crippen LogP contribution in [0.3, 0.4) is 0 Å². The van der Waals surface area contributed by atoms with Crippen LogP contribution in [0.4, 0.5) is 26.3 Å². The molecule has 2 nitrogen and oxygen atoms in total. The molecule has 0 aliphatic carbocycles. The minimum atomic E-state index is -4.87. The number of rotatable bonds is 7. The van der Waals surface area contributed by atoms with Crippen LogP contribution in [-0.4, -0.2) is 13.2 Å². The van der Waals surface area contributed by atoms with Gasteiger partial charge in [-0.25, -0.2) is 0 Å². The molecule has 2 aromatic rings. The SMILES string of the molecule is Cl.NCCC(COCc1cc(C(F)(F)F)cc(C(F)(F)F)c1)c1ccccc1. The van der Waals surface area contributed by atoms with E-state index in [4.69, 9.17) is 10.5 Å². The molecular weight excluding hydrogens is 408 g/mol. The highest BCUT2D eigenvalue weighted by molar-refractivity contribution is 5.85. The Morgan fingerprint density at radius 1 is 0.857 bits per heavy atom. The maximum atomic E-state index is 12.9. The summed E-state index contributed by atoms with van der Waals surface area (Å²) in [4.78, 5) is 0. The summed E-state index contributed by atoms with van der Waals surface area (Å²) in [5.41, 5.74) is 3.64. The summed E-state index contributed by atoms with van der Waals surface area (Å²) >= 11 is 0. The van der Waals surface area contributed by atoms with E-state index in [9.17, 15) is 26.3 Å². The molecule has 9 heteroatoms. The zero-order valence-corrected chi connectivity index (χ0v) is 15.5. The molecule has 0 fully saturated rings. The van der Waals surface area contributed by atoms with Gasteiger partial charge in [-0.2, -0.15) is 26.3 Å². The molecule has 0 aliphatic heterocycles. The van der Waals surface area contributed by atoms with Crippen molar-refractivity contribution >= 4 is 12.4 Å². The molecule has 0 saturated carbocycles. The topological polar surface area (TPSA) is 35.2 Å². The van der Waals surface area contributed by atoms with Gasteiger partial charge in [-0.1, -0.05) is 30.3 Å². The molecule has 156 valence electrons. The minimum Gasteiger partial charge on any atom is -0.376 e. The van der Waals surface area contributed by atoms with Gasteiger partial charge in [0.15, 0.2) is 0 Å². The second-order valence-corrected chi connectivity index (χ2v) is 6.11. The van der Waals surface area contributed by atoms with Gasteiger partial charge >= 0.3 is 12.4 Å². The summed E-state index contributed by atoms with van der Waals surface area (Å²) in [6.45, 7) is 0.157. The zero-order chi connectivity index (χ0) is 20.1. The lowest BCUT2D eigenvalue weighted by Gasteiger charge is -2.18. The Labute approximate surface area is 165 Å². The molecule has 0 aliphatic rings. The zero-order valence-electron chi connectivity index (χ0n) is 14.7. The molecule has 0 saturated heterocycles. The molecule has 2 N–H and O–H groups in total. The van der Waals surface area contributed by atoms with Crippen LogP contribution in [0, 0.1) is 0 Å². The predicted molar refractivity (Wildman–Crippen MR) is 96.2 cm³/mol. The molecule has 0 aromatic heterocycles. The van der Waals surface area contributed by atoms with Crippen molar-refractivity contribution in [2.45, 2.75) is 31.3 Å². The average molecular weight is 428 g/mol. The normalized spacial score (nSPS) is 13.1. The molecule has 1 unspecified atom stereocenters. The first kappa shape index (κ1) is 24.3. The van der Waals surface area contributed by atoms with Crippen molar-refractivity contribution in [1.82, 2.24) is 0 Å². The van der Waals surface area contributed by atoms with Gasteiger partial charge in [-0.05, 0) is 42.3 Å². The van der Waals surface area contributed by atoms with Crippen molar-refractivity contribution < 1.29 is 31.1 Å². The van der Waals surface area contributed by atoms with Crippen LogP contribution in [0.15, 0.2) is 48.5 Å². The van der Waals surface area contributed by atoms with E-state index in [1.165, 1.54) is 0 Å². The third kappa shape index (κ3) is 7.00. The highest BCUT2D eigenvalue weighted by atomic mass is 35.5. The van der Waals surface area contributed by atoms with Gasteiger partial charge in [-0.15, -0.1) is 12.4 Å². The van der Waals surface area contributed by atoms with E-state index >= 15 is 0 Å². The molecule has 0 heterocycles. The molecule has 0 spiro atoms. The molecule has 2 aromatic carbocycles. The Morgan fingerprint density at radius 3 is 1.86 bits per heavy atom. The van der Waals surface area contributed by atoms with Gasteiger partial charge < -0.3 is 10.5 Å². The highest BCUT2D eigenvalue weighted by Gasteiger charge is 2.36. The molecular formula is C19H20ClF6NO. The standard InChI is InChI=1S/C19H19F6NO.ClH/c20-18(21,22)16-8-13(9-17(10-16)19(23,24)25)11-27-12-15(6-7-26)14-4-2-1-3-5-14;/h1-5,8-10,15H,6-7,11-12,26H2;1H. The van der Waals surface area contributed by atoms with Crippen LogP contribution in [-0.2, 0) is 23.7 Å². The molecule has 2 rings (SSSR count). The largest absolute Gasteiger partial charge is 0.416 e. The smallest absolute Gasteiger partial charge is 0.376 e. The monoisotopic (exact) mass is 427 g/mol. The third-order valence-electron chi connectivity index (χ3n) is 4.02. The fourth-order valence-electron chi connectivity index (χ4n) is 2.69. The number of halogens is 7. The van der Waals surface area contributed by atoms with E-state index in [0.29, 0.717) is 25.1 Å². The first-order valence-corrected chi connectivity index (χ1v) is 8.22. The molecule has 28 heavy (non-hydrogen) atoms. The Morgan fingerprint density at radius 2 is 1.39 bits per heavy atom. The summed E-state index contributed by atoms with van der Waals surface area (Å²) in [7, 11) is 0. The van der Waals surface area contributed by atoms with Gasteiger partial charge in [0.2, 0.25) is 0 Å². The van der Waals surface area contributed by atoms with E-state index in [2.05, 4.69) is 0 Å². The first-order valence-electron chi connectivity index (χ1n) is 8.22. The lowest BCUT2D eigenvalue weighted by molar-refractivity contribution is -0.143. The second-order valence-electron chi connectivity index (χ2n) is 6.11. The summed E-state index contributed by atoms with van der Waals surface area (Å²) in [6.07, 6.45) is -9.16. The summed E-state index contributed by atoms with van der Waals surface area (Å²) in [5, 5.41) is 0. The molecule has 0 bridgehead atoms. The van der Waals surface area contributed by atoms with Gasteiger partial charge in [-0.3, -0.25) is 0 Å². The van der Waals surface area contributed by atoms with Crippen LogP contribution < -0.4 is 5.73 Å².